The standard InChI is InChI=1S/C21H26N2O5/c1-14(2)28-19(11-20(24)25)17-8-5-7-16(10-17)12-22-21(26)27-13-18-9-4-6-15(3)23-18/h4-10,14,19H,11-13H2,1-3H3,(H,22,26)(H,24,25)/t19-/m0/s1. The first-order valence-electron chi connectivity index (χ1n) is 9.12. The summed E-state index contributed by atoms with van der Waals surface area (Å²) in [6, 6.07) is 12.8. The Balaban J connectivity index is 1.92. The number of ether oxygens (including phenoxy) is 2. The maximum atomic E-state index is 11.9. The van der Waals surface area contributed by atoms with Gasteiger partial charge in [-0.25, -0.2) is 4.79 Å². The Kier molecular flexibility index (Phi) is 7.95. The minimum atomic E-state index is -0.928. The lowest BCUT2D eigenvalue weighted by Gasteiger charge is -2.20. The average molecular weight is 386 g/mol. The van der Waals surface area contributed by atoms with Crippen molar-refractivity contribution >= 4 is 12.1 Å². The molecule has 150 valence electrons. The van der Waals surface area contributed by atoms with Crippen LogP contribution in [0.1, 0.15) is 48.9 Å². The number of aromatic nitrogens is 1. The molecule has 2 rings (SSSR count). The van der Waals surface area contributed by atoms with Gasteiger partial charge in [0.05, 0.1) is 24.3 Å². The highest BCUT2D eigenvalue weighted by molar-refractivity contribution is 5.68. The first-order valence-corrected chi connectivity index (χ1v) is 9.12. The van der Waals surface area contributed by atoms with Crippen LogP contribution in [0.5, 0.6) is 0 Å². The molecule has 0 aliphatic rings. The third kappa shape index (κ3) is 7.36. The van der Waals surface area contributed by atoms with Gasteiger partial charge in [-0.1, -0.05) is 30.3 Å². The number of nitrogens with zero attached hydrogens (tertiary/aromatic N) is 1. The predicted octanol–water partition coefficient (Wildman–Crippen LogP) is 3.76. The summed E-state index contributed by atoms with van der Waals surface area (Å²) in [6.07, 6.45) is -1.32. The zero-order chi connectivity index (χ0) is 20.5. The molecule has 28 heavy (non-hydrogen) atoms. The van der Waals surface area contributed by atoms with Crippen molar-refractivity contribution in [2.75, 3.05) is 0 Å². The molecule has 7 heteroatoms. The average Bonchev–Trinajstić information content (AvgIpc) is 2.64. The van der Waals surface area contributed by atoms with E-state index >= 15 is 0 Å². The number of rotatable bonds is 9. The molecule has 7 nitrogen and oxygen atoms in total. The van der Waals surface area contributed by atoms with Crippen LogP contribution in [0.15, 0.2) is 42.5 Å². The number of hydrogen-bond acceptors (Lipinski definition) is 5. The number of carboxylic acid groups (broad SMARTS) is 1. The SMILES string of the molecule is Cc1cccc(COC(=O)NCc2cccc([C@H](CC(=O)O)OC(C)C)c2)n1. The Hall–Kier alpha value is -2.93. The second kappa shape index (κ2) is 10.4. The molecule has 0 bridgehead atoms. The number of alkyl carbamates (subject to hydrolysis) is 1. The number of carbonyl (C=O) groups excluding carboxylic acids is 1. The highest BCUT2D eigenvalue weighted by atomic mass is 16.5. The van der Waals surface area contributed by atoms with Crippen molar-refractivity contribution in [1.29, 1.82) is 0 Å². The maximum Gasteiger partial charge on any atom is 0.407 e. The van der Waals surface area contributed by atoms with Crippen molar-refractivity contribution in [2.45, 2.75) is 52.6 Å². The van der Waals surface area contributed by atoms with E-state index in [-0.39, 0.29) is 25.7 Å². The van der Waals surface area contributed by atoms with Crippen molar-refractivity contribution in [1.82, 2.24) is 10.3 Å². The molecule has 0 aliphatic carbocycles. The lowest BCUT2D eigenvalue weighted by Crippen LogP contribution is -2.24. The van der Waals surface area contributed by atoms with Crippen LogP contribution in [0.25, 0.3) is 0 Å². The van der Waals surface area contributed by atoms with Gasteiger partial charge >= 0.3 is 12.1 Å². The van der Waals surface area contributed by atoms with Crippen molar-refractivity contribution in [3.05, 3.63) is 65.0 Å². The van der Waals surface area contributed by atoms with E-state index in [1.54, 1.807) is 6.07 Å². The van der Waals surface area contributed by atoms with Gasteiger partial charge in [0.15, 0.2) is 0 Å². The van der Waals surface area contributed by atoms with Crippen LogP contribution in [0.3, 0.4) is 0 Å². The summed E-state index contributed by atoms with van der Waals surface area (Å²) >= 11 is 0. The summed E-state index contributed by atoms with van der Waals surface area (Å²) in [5.74, 6) is -0.928. The highest BCUT2D eigenvalue weighted by Gasteiger charge is 2.18. The molecule has 0 saturated carbocycles. The number of amides is 1. The molecule has 0 saturated heterocycles. The molecular formula is C21H26N2O5. The number of benzene rings is 1. The summed E-state index contributed by atoms with van der Waals surface area (Å²) in [5.41, 5.74) is 3.12. The van der Waals surface area contributed by atoms with Crippen LogP contribution >= 0.6 is 0 Å². The number of aliphatic carboxylic acids is 1. The van der Waals surface area contributed by atoms with Gasteiger partial charge in [0, 0.05) is 12.2 Å². The lowest BCUT2D eigenvalue weighted by molar-refractivity contribution is -0.141. The topological polar surface area (TPSA) is 97.8 Å². The normalized spacial score (nSPS) is 11.9. The molecule has 1 amide bonds. The van der Waals surface area contributed by atoms with Gasteiger partial charge in [0.2, 0.25) is 0 Å². The quantitative estimate of drug-likeness (QED) is 0.681. The number of carbonyl (C=O) groups is 2. The second-order valence-electron chi connectivity index (χ2n) is 6.72. The molecule has 1 aromatic carbocycles. The van der Waals surface area contributed by atoms with E-state index in [0.717, 1.165) is 16.8 Å². The molecular weight excluding hydrogens is 360 g/mol. The summed E-state index contributed by atoms with van der Waals surface area (Å²) in [6.45, 7) is 5.95. The summed E-state index contributed by atoms with van der Waals surface area (Å²) in [4.78, 5) is 27.3. The van der Waals surface area contributed by atoms with Crippen molar-refractivity contribution in [3.8, 4) is 0 Å². The van der Waals surface area contributed by atoms with Crippen LogP contribution in [0.4, 0.5) is 4.79 Å². The zero-order valence-electron chi connectivity index (χ0n) is 16.3. The highest BCUT2D eigenvalue weighted by Crippen LogP contribution is 2.24. The predicted molar refractivity (Wildman–Crippen MR) is 104 cm³/mol. The fourth-order valence-corrected chi connectivity index (χ4v) is 2.68. The molecule has 0 aliphatic heterocycles. The first-order chi connectivity index (χ1) is 13.3. The van der Waals surface area contributed by atoms with Gasteiger partial charge in [-0.2, -0.15) is 0 Å². The van der Waals surface area contributed by atoms with E-state index in [4.69, 9.17) is 14.6 Å². The molecule has 1 aromatic heterocycles. The Morgan fingerprint density at radius 1 is 1.18 bits per heavy atom. The van der Waals surface area contributed by atoms with E-state index in [1.807, 2.05) is 57.2 Å². The number of aryl methyl sites for hydroxylation is 1. The molecule has 1 heterocycles. The minimum absolute atomic E-state index is 0.0937. The number of pyridine rings is 1. The first kappa shape index (κ1) is 21.4. The Morgan fingerprint density at radius 3 is 2.61 bits per heavy atom. The van der Waals surface area contributed by atoms with Crippen LogP contribution in [0, 0.1) is 6.92 Å². The van der Waals surface area contributed by atoms with Crippen molar-refractivity contribution < 1.29 is 24.2 Å². The Morgan fingerprint density at radius 2 is 1.93 bits per heavy atom. The van der Waals surface area contributed by atoms with Crippen LogP contribution in [-0.4, -0.2) is 28.3 Å². The fourth-order valence-electron chi connectivity index (χ4n) is 2.68. The van der Waals surface area contributed by atoms with Crippen molar-refractivity contribution in [2.24, 2.45) is 0 Å². The largest absolute Gasteiger partial charge is 0.481 e. The monoisotopic (exact) mass is 386 g/mol. The summed E-state index contributed by atoms with van der Waals surface area (Å²) in [7, 11) is 0. The van der Waals surface area contributed by atoms with Crippen molar-refractivity contribution in [3.63, 3.8) is 0 Å². The number of carboxylic acids is 1. The molecule has 2 aromatic rings. The lowest BCUT2D eigenvalue weighted by atomic mass is 10.0. The number of nitrogens with one attached hydrogen (secondary N) is 1. The summed E-state index contributed by atoms with van der Waals surface area (Å²) in [5, 5.41) is 11.8. The molecule has 0 spiro atoms. The van der Waals surface area contributed by atoms with E-state index in [1.165, 1.54) is 0 Å². The van der Waals surface area contributed by atoms with Gasteiger partial charge < -0.3 is 19.9 Å². The van der Waals surface area contributed by atoms with Gasteiger partial charge in [-0.3, -0.25) is 9.78 Å². The van der Waals surface area contributed by atoms with Crippen LogP contribution < -0.4 is 5.32 Å². The molecule has 2 N–H and O–H groups in total. The Labute approximate surface area is 164 Å². The van der Waals surface area contributed by atoms with E-state index < -0.39 is 18.2 Å². The second-order valence-corrected chi connectivity index (χ2v) is 6.72. The number of hydrogen-bond donors (Lipinski definition) is 2. The van der Waals surface area contributed by atoms with Gasteiger partial charge in [0.1, 0.15) is 6.61 Å². The van der Waals surface area contributed by atoms with E-state index in [2.05, 4.69) is 10.3 Å². The zero-order valence-corrected chi connectivity index (χ0v) is 16.3. The minimum Gasteiger partial charge on any atom is -0.481 e. The third-order valence-corrected chi connectivity index (χ3v) is 3.85. The van der Waals surface area contributed by atoms with Gasteiger partial charge in [0.25, 0.3) is 0 Å². The smallest absolute Gasteiger partial charge is 0.407 e. The Bertz CT molecular complexity index is 807. The molecule has 0 radical (unpaired) electrons. The van der Waals surface area contributed by atoms with E-state index in [0.29, 0.717) is 5.69 Å². The van der Waals surface area contributed by atoms with Gasteiger partial charge in [-0.15, -0.1) is 0 Å². The molecule has 0 fully saturated rings. The van der Waals surface area contributed by atoms with Crippen LogP contribution in [-0.2, 0) is 27.4 Å². The fraction of sp³-hybridized carbons (Fsp3) is 0.381. The molecule has 0 unspecified atom stereocenters. The third-order valence-electron chi connectivity index (χ3n) is 3.85. The van der Waals surface area contributed by atoms with Gasteiger partial charge in [-0.05, 0) is 44.0 Å². The van der Waals surface area contributed by atoms with Crippen LogP contribution in [0.2, 0.25) is 0 Å². The molecule has 1 atom stereocenters. The summed E-state index contributed by atoms with van der Waals surface area (Å²) < 4.78 is 10.9. The maximum absolute atomic E-state index is 11.9. The van der Waals surface area contributed by atoms with E-state index in [9.17, 15) is 9.59 Å².